The largest absolute Gasteiger partial charge is 0.311 e. The SMILES string of the molecule is CC1(C)c2cc(-c3ccccc3)ccc2N(c2ccc3ccccc3c2)c2ccc(-c3ccc(N(c4ccc(-c5ccccc5)cc4)c4ccc(-c5ccccc5)cc4)cc3)cc21. The zero-order valence-corrected chi connectivity index (χ0v) is 35.5. The van der Waals surface area contributed by atoms with Crippen molar-refractivity contribution >= 4 is 44.9 Å². The van der Waals surface area contributed by atoms with E-state index in [-0.39, 0.29) is 5.41 Å². The Morgan fingerprint density at radius 1 is 0.302 bits per heavy atom. The summed E-state index contributed by atoms with van der Waals surface area (Å²) in [5, 5.41) is 2.47. The number of hydrogen-bond acceptors (Lipinski definition) is 2. The third-order valence-corrected chi connectivity index (χ3v) is 12.8. The van der Waals surface area contributed by atoms with Crippen molar-refractivity contribution in [3.05, 3.63) is 254 Å². The van der Waals surface area contributed by atoms with Gasteiger partial charge >= 0.3 is 0 Å². The van der Waals surface area contributed by atoms with Crippen LogP contribution in [-0.2, 0) is 5.41 Å². The lowest BCUT2D eigenvalue weighted by atomic mass is 9.72. The van der Waals surface area contributed by atoms with Crippen LogP contribution in [0.2, 0.25) is 0 Å². The molecule has 1 heterocycles. The fraction of sp³-hybridized carbons (Fsp3) is 0.0492. The van der Waals surface area contributed by atoms with Crippen LogP contribution in [-0.4, -0.2) is 0 Å². The lowest BCUT2D eigenvalue weighted by Crippen LogP contribution is -2.30. The molecule has 0 aliphatic carbocycles. The average molecular weight is 807 g/mol. The lowest BCUT2D eigenvalue weighted by Gasteiger charge is -2.42. The predicted molar refractivity (Wildman–Crippen MR) is 267 cm³/mol. The second-order valence-corrected chi connectivity index (χ2v) is 17.0. The van der Waals surface area contributed by atoms with Gasteiger partial charge in [-0.15, -0.1) is 0 Å². The maximum atomic E-state index is 2.47. The Bertz CT molecular complexity index is 3130. The van der Waals surface area contributed by atoms with E-state index in [1.807, 2.05) is 0 Å². The molecular formula is C61H46N2. The molecule has 10 aromatic carbocycles. The molecule has 63 heavy (non-hydrogen) atoms. The van der Waals surface area contributed by atoms with E-state index in [2.05, 4.69) is 266 Å². The highest BCUT2D eigenvalue weighted by Gasteiger charge is 2.37. The molecule has 0 bridgehead atoms. The highest BCUT2D eigenvalue weighted by molar-refractivity contribution is 5.94. The first-order valence-electron chi connectivity index (χ1n) is 21.8. The monoisotopic (exact) mass is 806 g/mol. The highest BCUT2D eigenvalue weighted by Crippen LogP contribution is 2.54. The Morgan fingerprint density at radius 2 is 0.651 bits per heavy atom. The van der Waals surface area contributed by atoms with E-state index in [0.29, 0.717) is 0 Å². The summed E-state index contributed by atoms with van der Waals surface area (Å²) in [5.74, 6) is 0. The number of hydrogen-bond donors (Lipinski definition) is 0. The van der Waals surface area contributed by atoms with E-state index in [0.717, 1.165) is 22.7 Å². The minimum atomic E-state index is -0.270. The Balaban J connectivity index is 0.991. The zero-order valence-electron chi connectivity index (χ0n) is 35.5. The molecule has 0 unspecified atom stereocenters. The van der Waals surface area contributed by atoms with E-state index in [4.69, 9.17) is 0 Å². The van der Waals surface area contributed by atoms with Crippen LogP contribution in [0.25, 0.3) is 55.3 Å². The van der Waals surface area contributed by atoms with Crippen LogP contribution < -0.4 is 9.80 Å². The van der Waals surface area contributed by atoms with Crippen molar-refractivity contribution in [1.82, 2.24) is 0 Å². The predicted octanol–water partition coefficient (Wildman–Crippen LogP) is 17.1. The molecule has 0 aromatic heterocycles. The van der Waals surface area contributed by atoms with Crippen LogP contribution >= 0.6 is 0 Å². The number of fused-ring (bicyclic) bond motifs is 3. The van der Waals surface area contributed by atoms with Gasteiger partial charge in [-0.25, -0.2) is 0 Å². The molecule has 10 aromatic rings. The number of rotatable bonds is 8. The quantitative estimate of drug-likeness (QED) is 0.151. The molecular weight excluding hydrogens is 761 g/mol. The Morgan fingerprint density at radius 3 is 1.10 bits per heavy atom. The third kappa shape index (κ3) is 7.06. The second-order valence-electron chi connectivity index (χ2n) is 17.0. The van der Waals surface area contributed by atoms with E-state index < -0.39 is 0 Å². The minimum absolute atomic E-state index is 0.270. The molecule has 0 N–H and O–H groups in total. The van der Waals surface area contributed by atoms with Crippen molar-refractivity contribution in [2.75, 3.05) is 9.80 Å². The van der Waals surface area contributed by atoms with Gasteiger partial charge in [0.25, 0.3) is 0 Å². The number of benzene rings is 10. The lowest BCUT2D eigenvalue weighted by molar-refractivity contribution is 0.632. The summed E-state index contributed by atoms with van der Waals surface area (Å²) >= 11 is 0. The maximum Gasteiger partial charge on any atom is 0.0503 e. The van der Waals surface area contributed by atoms with Crippen LogP contribution in [0.1, 0.15) is 25.0 Å². The molecule has 300 valence electrons. The first-order chi connectivity index (χ1) is 31.0. The molecule has 0 saturated carbocycles. The first-order valence-corrected chi connectivity index (χ1v) is 21.8. The van der Waals surface area contributed by atoms with Crippen molar-refractivity contribution in [2.24, 2.45) is 0 Å². The molecule has 1 aliphatic rings. The Kier molecular flexibility index (Phi) is 9.55. The molecule has 0 amide bonds. The molecule has 0 atom stereocenters. The smallest absolute Gasteiger partial charge is 0.0503 e. The fourth-order valence-electron chi connectivity index (χ4n) is 9.44. The second kappa shape index (κ2) is 15.8. The van der Waals surface area contributed by atoms with Gasteiger partial charge in [0.2, 0.25) is 0 Å². The molecule has 2 nitrogen and oxygen atoms in total. The average Bonchev–Trinajstić information content (AvgIpc) is 3.35. The van der Waals surface area contributed by atoms with Crippen molar-refractivity contribution in [1.29, 1.82) is 0 Å². The van der Waals surface area contributed by atoms with Gasteiger partial charge in [-0.1, -0.05) is 184 Å². The molecule has 0 radical (unpaired) electrons. The van der Waals surface area contributed by atoms with E-state index in [1.165, 1.54) is 77.8 Å². The summed E-state index contributed by atoms with van der Waals surface area (Å²) in [4.78, 5) is 4.82. The van der Waals surface area contributed by atoms with Crippen LogP contribution in [0.5, 0.6) is 0 Å². The molecule has 2 heteroatoms. The summed E-state index contributed by atoms with van der Waals surface area (Å²) in [7, 11) is 0. The van der Waals surface area contributed by atoms with Crippen molar-refractivity contribution < 1.29 is 0 Å². The van der Waals surface area contributed by atoms with Crippen molar-refractivity contribution in [2.45, 2.75) is 19.3 Å². The van der Waals surface area contributed by atoms with Crippen LogP contribution in [0.15, 0.2) is 243 Å². The summed E-state index contributed by atoms with van der Waals surface area (Å²) in [6, 6.07) is 88.3. The summed E-state index contributed by atoms with van der Waals surface area (Å²) < 4.78 is 0. The van der Waals surface area contributed by atoms with E-state index in [9.17, 15) is 0 Å². The van der Waals surface area contributed by atoms with Gasteiger partial charge in [-0.2, -0.15) is 0 Å². The van der Waals surface area contributed by atoms with Gasteiger partial charge in [-0.05, 0) is 139 Å². The standard InChI is InChI=1S/C61H46N2/c1-61(2)57-41-51(45-18-10-5-11-19-45)29-38-59(57)63(56-37-28-46-20-12-13-21-50(46)40-56)60-39-30-52(42-58(60)61)49-26-35-55(36-27-49)62(53-31-22-47(23-32-53)43-14-6-3-7-15-43)54-33-24-48(25-34-54)44-16-8-4-9-17-44/h3-42H,1-2H3. The van der Waals surface area contributed by atoms with Gasteiger partial charge in [-0.3, -0.25) is 0 Å². The molecule has 1 aliphatic heterocycles. The van der Waals surface area contributed by atoms with Gasteiger partial charge < -0.3 is 9.80 Å². The summed E-state index contributed by atoms with van der Waals surface area (Å²) in [6.45, 7) is 4.77. The van der Waals surface area contributed by atoms with Gasteiger partial charge in [0.1, 0.15) is 0 Å². The van der Waals surface area contributed by atoms with Gasteiger partial charge in [0, 0.05) is 28.2 Å². The Labute approximate surface area is 370 Å². The highest BCUT2D eigenvalue weighted by atomic mass is 15.2. The van der Waals surface area contributed by atoms with Crippen LogP contribution in [0.4, 0.5) is 34.1 Å². The summed E-state index contributed by atoms with van der Waals surface area (Å²) in [6.07, 6.45) is 0. The van der Waals surface area contributed by atoms with Gasteiger partial charge in [0.05, 0.1) is 11.4 Å². The number of nitrogens with zero attached hydrogens (tertiary/aromatic N) is 2. The van der Waals surface area contributed by atoms with Crippen molar-refractivity contribution in [3.8, 4) is 44.5 Å². The van der Waals surface area contributed by atoms with Crippen LogP contribution in [0, 0.1) is 0 Å². The zero-order chi connectivity index (χ0) is 42.3. The minimum Gasteiger partial charge on any atom is -0.311 e. The normalized spacial score (nSPS) is 12.7. The van der Waals surface area contributed by atoms with Crippen molar-refractivity contribution in [3.63, 3.8) is 0 Å². The molecule has 0 fully saturated rings. The summed E-state index contributed by atoms with van der Waals surface area (Å²) in [5.41, 5.74) is 18.9. The van der Waals surface area contributed by atoms with E-state index in [1.54, 1.807) is 0 Å². The van der Waals surface area contributed by atoms with E-state index >= 15 is 0 Å². The molecule has 0 spiro atoms. The maximum absolute atomic E-state index is 2.47. The first kappa shape index (κ1) is 38.0. The fourth-order valence-corrected chi connectivity index (χ4v) is 9.44. The topological polar surface area (TPSA) is 6.48 Å². The third-order valence-electron chi connectivity index (χ3n) is 12.8. The van der Waals surface area contributed by atoms with Crippen LogP contribution in [0.3, 0.4) is 0 Å². The number of anilines is 6. The molecule has 0 saturated heterocycles. The Hall–Kier alpha value is -7.94. The molecule has 11 rings (SSSR count). The van der Waals surface area contributed by atoms with Gasteiger partial charge in [0.15, 0.2) is 0 Å².